The van der Waals surface area contributed by atoms with Gasteiger partial charge >= 0.3 is 12.1 Å². The maximum Gasteiger partial charge on any atom is 0.417 e. The standard InChI is InChI=1S/C11H8ClF3N2O3/c12-6-3-5(11(13,14)15)4-16-9(6)17-7(10(19)20)1-2-8(17)18/h3-4,7H,1-2H2,(H,19,20)/t7-/m0/s1. The van der Waals surface area contributed by atoms with Crippen LogP contribution in [0.3, 0.4) is 0 Å². The van der Waals surface area contributed by atoms with E-state index >= 15 is 0 Å². The van der Waals surface area contributed by atoms with Gasteiger partial charge in [-0.25, -0.2) is 9.78 Å². The number of halogens is 4. The monoisotopic (exact) mass is 308 g/mol. The van der Waals surface area contributed by atoms with Gasteiger partial charge < -0.3 is 5.11 Å². The second-order valence-electron chi connectivity index (χ2n) is 4.18. The molecule has 0 radical (unpaired) electrons. The van der Waals surface area contributed by atoms with Crippen molar-refractivity contribution in [3.8, 4) is 0 Å². The van der Waals surface area contributed by atoms with E-state index in [4.69, 9.17) is 16.7 Å². The lowest BCUT2D eigenvalue weighted by Crippen LogP contribution is -2.39. The average molecular weight is 309 g/mol. The maximum absolute atomic E-state index is 12.5. The number of hydrogen-bond acceptors (Lipinski definition) is 3. The van der Waals surface area contributed by atoms with Gasteiger partial charge in [0.05, 0.1) is 10.6 Å². The second kappa shape index (κ2) is 4.93. The Morgan fingerprint density at radius 3 is 2.65 bits per heavy atom. The fraction of sp³-hybridized carbons (Fsp3) is 0.364. The van der Waals surface area contributed by atoms with Crippen molar-refractivity contribution in [2.75, 3.05) is 4.90 Å². The third-order valence-electron chi connectivity index (χ3n) is 2.87. The fourth-order valence-corrected chi connectivity index (χ4v) is 2.20. The highest BCUT2D eigenvalue weighted by molar-refractivity contribution is 6.33. The zero-order valence-corrected chi connectivity index (χ0v) is 10.6. The first kappa shape index (κ1) is 14.6. The summed E-state index contributed by atoms with van der Waals surface area (Å²) in [6, 6.07) is -0.543. The fourth-order valence-electron chi connectivity index (χ4n) is 1.95. The summed E-state index contributed by atoms with van der Waals surface area (Å²) in [5.41, 5.74) is -1.07. The van der Waals surface area contributed by atoms with Crippen LogP contribution in [0.4, 0.5) is 19.0 Å². The summed E-state index contributed by atoms with van der Waals surface area (Å²) >= 11 is 5.70. The van der Waals surface area contributed by atoms with E-state index in [2.05, 4.69) is 4.98 Å². The number of hydrogen-bond donors (Lipinski definition) is 1. The number of carbonyl (C=O) groups is 2. The molecule has 0 unspecified atom stereocenters. The number of carboxylic acids is 1. The SMILES string of the molecule is O=C(O)[C@@H]1CCC(=O)N1c1ncc(C(F)(F)F)cc1Cl. The predicted octanol–water partition coefficient (Wildman–Crippen LogP) is 2.33. The van der Waals surface area contributed by atoms with Crippen molar-refractivity contribution in [2.24, 2.45) is 0 Å². The molecule has 1 atom stereocenters. The summed E-state index contributed by atoms with van der Waals surface area (Å²) in [6.07, 6.45) is -4.05. The quantitative estimate of drug-likeness (QED) is 0.910. The summed E-state index contributed by atoms with van der Waals surface area (Å²) in [5, 5.41) is 8.58. The number of carbonyl (C=O) groups excluding carboxylic acids is 1. The molecule has 0 spiro atoms. The number of nitrogens with zero attached hydrogens (tertiary/aromatic N) is 2. The Bertz CT molecular complexity index is 577. The van der Waals surface area contributed by atoms with Crippen molar-refractivity contribution >= 4 is 29.3 Å². The minimum Gasteiger partial charge on any atom is -0.480 e. The van der Waals surface area contributed by atoms with Gasteiger partial charge in [0, 0.05) is 12.6 Å². The number of amides is 1. The van der Waals surface area contributed by atoms with Crippen LogP contribution in [-0.2, 0) is 15.8 Å². The highest BCUT2D eigenvalue weighted by Gasteiger charge is 2.40. The molecule has 0 bridgehead atoms. The molecule has 0 aromatic carbocycles. The molecule has 1 aliphatic rings. The van der Waals surface area contributed by atoms with Gasteiger partial charge in [-0.15, -0.1) is 0 Å². The molecule has 1 aliphatic heterocycles. The van der Waals surface area contributed by atoms with E-state index < -0.39 is 34.7 Å². The van der Waals surface area contributed by atoms with Gasteiger partial charge in [0.1, 0.15) is 6.04 Å². The first-order valence-electron chi connectivity index (χ1n) is 5.49. The molecule has 1 amide bonds. The van der Waals surface area contributed by atoms with Crippen LogP contribution in [0.1, 0.15) is 18.4 Å². The topological polar surface area (TPSA) is 70.5 Å². The number of aromatic nitrogens is 1. The Labute approximate surface area is 116 Å². The largest absolute Gasteiger partial charge is 0.480 e. The minimum atomic E-state index is -4.61. The first-order chi connectivity index (χ1) is 9.21. The molecule has 5 nitrogen and oxygen atoms in total. The van der Waals surface area contributed by atoms with Crippen LogP contribution in [0.25, 0.3) is 0 Å². The van der Waals surface area contributed by atoms with E-state index in [1.54, 1.807) is 0 Å². The van der Waals surface area contributed by atoms with Gasteiger partial charge in [-0.05, 0) is 12.5 Å². The lowest BCUT2D eigenvalue weighted by molar-refractivity contribution is -0.139. The Morgan fingerprint density at radius 2 is 2.15 bits per heavy atom. The molecular weight excluding hydrogens is 301 g/mol. The van der Waals surface area contributed by atoms with Crippen LogP contribution in [0, 0.1) is 0 Å². The smallest absolute Gasteiger partial charge is 0.417 e. The predicted molar refractivity (Wildman–Crippen MR) is 62.4 cm³/mol. The highest BCUT2D eigenvalue weighted by Crippen LogP contribution is 2.36. The highest BCUT2D eigenvalue weighted by atomic mass is 35.5. The van der Waals surface area contributed by atoms with Crippen molar-refractivity contribution in [1.82, 2.24) is 4.98 Å². The lowest BCUT2D eigenvalue weighted by Gasteiger charge is -2.22. The molecule has 1 aromatic heterocycles. The van der Waals surface area contributed by atoms with Crippen molar-refractivity contribution in [3.63, 3.8) is 0 Å². The molecule has 2 heterocycles. The summed E-state index contributed by atoms with van der Waals surface area (Å²) < 4.78 is 37.5. The number of alkyl halides is 3. The number of carboxylic acid groups (broad SMARTS) is 1. The summed E-state index contributed by atoms with van der Waals surface area (Å²) in [5.74, 6) is -2.06. The average Bonchev–Trinajstić information content (AvgIpc) is 2.70. The van der Waals surface area contributed by atoms with Gasteiger partial charge in [-0.2, -0.15) is 13.2 Å². The number of pyridine rings is 1. The minimum absolute atomic E-state index is 0.0179. The molecule has 1 saturated heterocycles. The Kier molecular flexibility index (Phi) is 3.59. The van der Waals surface area contributed by atoms with Crippen LogP contribution in [0.15, 0.2) is 12.3 Å². The summed E-state index contributed by atoms with van der Waals surface area (Å²) in [4.78, 5) is 27.0. The Morgan fingerprint density at radius 1 is 1.50 bits per heavy atom. The molecule has 0 saturated carbocycles. The van der Waals surface area contributed by atoms with Gasteiger partial charge in [-0.1, -0.05) is 11.6 Å². The lowest BCUT2D eigenvalue weighted by atomic mass is 10.2. The molecule has 2 rings (SSSR count). The van der Waals surface area contributed by atoms with E-state index in [0.29, 0.717) is 12.3 Å². The molecular formula is C11H8ClF3N2O3. The molecule has 1 fully saturated rings. The van der Waals surface area contributed by atoms with Crippen molar-refractivity contribution in [3.05, 3.63) is 22.8 Å². The number of rotatable bonds is 2. The van der Waals surface area contributed by atoms with Crippen molar-refractivity contribution in [2.45, 2.75) is 25.1 Å². The number of aliphatic carboxylic acids is 1. The molecule has 1 N–H and O–H groups in total. The molecule has 0 aliphatic carbocycles. The van der Waals surface area contributed by atoms with Crippen LogP contribution in [0.2, 0.25) is 5.02 Å². The molecule has 9 heteroatoms. The van der Waals surface area contributed by atoms with Crippen molar-refractivity contribution in [1.29, 1.82) is 0 Å². The summed E-state index contributed by atoms with van der Waals surface area (Å²) in [7, 11) is 0. The second-order valence-corrected chi connectivity index (χ2v) is 4.59. The van der Waals surface area contributed by atoms with E-state index in [1.807, 2.05) is 0 Å². The van der Waals surface area contributed by atoms with Gasteiger partial charge in [0.25, 0.3) is 0 Å². The molecule has 20 heavy (non-hydrogen) atoms. The summed E-state index contributed by atoms with van der Waals surface area (Å²) in [6.45, 7) is 0. The normalized spacial score (nSPS) is 19.5. The Hall–Kier alpha value is -1.83. The molecule has 1 aromatic rings. The van der Waals surface area contributed by atoms with E-state index in [-0.39, 0.29) is 18.7 Å². The van der Waals surface area contributed by atoms with Crippen LogP contribution in [-0.4, -0.2) is 28.0 Å². The van der Waals surface area contributed by atoms with Gasteiger partial charge in [-0.3, -0.25) is 9.69 Å². The van der Waals surface area contributed by atoms with Crippen LogP contribution < -0.4 is 4.90 Å². The first-order valence-corrected chi connectivity index (χ1v) is 5.87. The van der Waals surface area contributed by atoms with Gasteiger partial charge in [0.2, 0.25) is 5.91 Å². The van der Waals surface area contributed by atoms with E-state index in [0.717, 1.165) is 4.90 Å². The van der Waals surface area contributed by atoms with Gasteiger partial charge in [0.15, 0.2) is 5.82 Å². The third kappa shape index (κ3) is 2.55. The van der Waals surface area contributed by atoms with E-state index in [9.17, 15) is 22.8 Å². The van der Waals surface area contributed by atoms with Crippen molar-refractivity contribution < 1.29 is 27.9 Å². The zero-order valence-electron chi connectivity index (χ0n) is 9.82. The number of anilines is 1. The Balaban J connectivity index is 2.42. The maximum atomic E-state index is 12.5. The van der Waals surface area contributed by atoms with E-state index in [1.165, 1.54) is 0 Å². The van der Waals surface area contributed by atoms with Crippen LogP contribution >= 0.6 is 11.6 Å². The van der Waals surface area contributed by atoms with Crippen LogP contribution in [0.5, 0.6) is 0 Å². The molecule has 108 valence electrons. The zero-order chi connectivity index (χ0) is 15.1. The third-order valence-corrected chi connectivity index (χ3v) is 3.15.